The van der Waals surface area contributed by atoms with Crippen LogP contribution in [-0.4, -0.2) is 24.1 Å². The molecule has 192 valence electrons. The van der Waals surface area contributed by atoms with Gasteiger partial charge in [-0.25, -0.2) is 0 Å². The summed E-state index contributed by atoms with van der Waals surface area (Å²) in [5.41, 5.74) is 3.96. The van der Waals surface area contributed by atoms with Gasteiger partial charge in [-0.2, -0.15) is 5.26 Å². The van der Waals surface area contributed by atoms with Crippen molar-refractivity contribution in [2.24, 2.45) is 0 Å². The number of carbonyl (C=O) groups excluding carboxylic acids is 2. The SMILES string of the molecule is CC1=C(C(=O)Nc2ccc(Cl)cc2)C(c2ccco2)C(C#N)=C(SCC(=O)N2CCCc3ccccc32)N1. The van der Waals surface area contributed by atoms with Crippen LogP contribution in [0.1, 0.15) is 30.6 Å². The molecule has 0 fully saturated rings. The molecule has 3 heterocycles. The summed E-state index contributed by atoms with van der Waals surface area (Å²) in [6.07, 6.45) is 3.38. The molecule has 1 aromatic heterocycles. The van der Waals surface area contributed by atoms with Gasteiger partial charge in [0.25, 0.3) is 5.91 Å². The molecule has 5 rings (SSSR count). The van der Waals surface area contributed by atoms with Crippen molar-refractivity contribution in [2.45, 2.75) is 25.7 Å². The zero-order valence-corrected chi connectivity index (χ0v) is 22.2. The van der Waals surface area contributed by atoms with E-state index in [0.717, 1.165) is 24.1 Å². The number of anilines is 2. The molecule has 0 bridgehead atoms. The van der Waals surface area contributed by atoms with Gasteiger partial charge in [0, 0.05) is 28.6 Å². The lowest BCUT2D eigenvalue weighted by atomic mass is 9.85. The molecule has 0 saturated carbocycles. The summed E-state index contributed by atoms with van der Waals surface area (Å²) in [6.45, 7) is 2.45. The van der Waals surface area contributed by atoms with Crippen molar-refractivity contribution < 1.29 is 14.0 Å². The monoisotopic (exact) mass is 544 g/mol. The van der Waals surface area contributed by atoms with Gasteiger partial charge in [-0.1, -0.05) is 41.6 Å². The molecule has 9 heteroatoms. The van der Waals surface area contributed by atoms with E-state index < -0.39 is 5.92 Å². The van der Waals surface area contributed by atoms with Crippen molar-refractivity contribution in [3.05, 3.63) is 105 Å². The fourth-order valence-corrected chi connectivity index (χ4v) is 5.90. The summed E-state index contributed by atoms with van der Waals surface area (Å²) in [5.74, 6) is -0.505. The molecule has 2 amide bonds. The maximum Gasteiger partial charge on any atom is 0.254 e. The van der Waals surface area contributed by atoms with Crippen molar-refractivity contribution in [3.8, 4) is 6.07 Å². The summed E-state index contributed by atoms with van der Waals surface area (Å²) < 4.78 is 5.68. The minimum atomic E-state index is -0.725. The molecule has 3 aromatic rings. The summed E-state index contributed by atoms with van der Waals surface area (Å²) in [5, 5.41) is 17.4. The van der Waals surface area contributed by atoms with Crippen molar-refractivity contribution in [2.75, 3.05) is 22.5 Å². The molecule has 2 N–H and O–H groups in total. The van der Waals surface area contributed by atoms with Crippen LogP contribution in [0.3, 0.4) is 0 Å². The molecule has 0 aliphatic carbocycles. The van der Waals surface area contributed by atoms with E-state index in [1.807, 2.05) is 23.1 Å². The Hall–Kier alpha value is -3.93. The van der Waals surface area contributed by atoms with Crippen molar-refractivity contribution in [1.29, 1.82) is 5.26 Å². The molecule has 2 aliphatic rings. The van der Waals surface area contributed by atoms with Gasteiger partial charge in [0.2, 0.25) is 5.91 Å². The molecular weight excluding hydrogens is 520 g/mol. The van der Waals surface area contributed by atoms with Crippen LogP contribution in [0.4, 0.5) is 11.4 Å². The Balaban J connectivity index is 1.40. The Morgan fingerprint density at radius 3 is 2.71 bits per heavy atom. The Bertz CT molecular complexity index is 1470. The van der Waals surface area contributed by atoms with Crippen LogP contribution < -0.4 is 15.5 Å². The molecule has 1 unspecified atom stereocenters. The Kier molecular flexibility index (Phi) is 7.59. The number of thioether (sulfide) groups is 1. The first-order chi connectivity index (χ1) is 18.5. The molecular formula is C29H25ClN4O3S. The van der Waals surface area contributed by atoms with E-state index in [1.54, 1.807) is 43.3 Å². The van der Waals surface area contributed by atoms with E-state index in [-0.39, 0.29) is 17.6 Å². The minimum absolute atomic E-state index is 0.0313. The van der Waals surface area contributed by atoms with E-state index >= 15 is 0 Å². The smallest absolute Gasteiger partial charge is 0.254 e. The predicted molar refractivity (Wildman–Crippen MR) is 150 cm³/mol. The van der Waals surface area contributed by atoms with Crippen molar-refractivity contribution >= 4 is 46.6 Å². The second kappa shape index (κ2) is 11.2. The van der Waals surface area contributed by atoms with Crippen molar-refractivity contribution in [1.82, 2.24) is 5.32 Å². The quantitative estimate of drug-likeness (QED) is 0.396. The average molecular weight is 545 g/mol. The van der Waals surface area contributed by atoms with Gasteiger partial charge >= 0.3 is 0 Å². The number of nitrogens with zero attached hydrogens (tertiary/aromatic N) is 2. The molecule has 0 spiro atoms. The lowest BCUT2D eigenvalue weighted by molar-refractivity contribution is -0.116. The number of amides is 2. The number of benzene rings is 2. The number of para-hydroxylation sites is 1. The molecule has 0 radical (unpaired) electrons. The summed E-state index contributed by atoms with van der Waals surface area (Å²) in [6, 6.07) is 20.5. The lowest BCUT2D eigenvalue weighted by Crippen LogP contribution is -2.37. The Morgan fingerprint density at radius 2 is 1.97 bits per heavy atom. The summed E-state index contributed by atoms with van der Waals surface area (Å²) in [7, 11) is 0. The highest BCUT2D eigenvalue weighted by Gasteiger charge is 2.37. The van der Waals surface area contributed by atoms with E-state index in [2.05, 4.69) is 22.8 Å². The number of nitriles is 1. The number of rotatable bonds is 6. The molecule has 2 aliphatic heterocycles. The molecule has 0 saturated heterocycles. The third-order valence-electron chi connectivity index (χ3n) is 6.57. The van der Waals surface area contributed by atoms with E-state index in [0.29, 0.717) is 44.9 Å². The van der Waals surface area contributed by atoms with E-state index in [9.17, 15) is 14.9 Å². The maximum absolute atomic E-state index is 13.4. The van der Waals surface area contributed by atoms with Crippen LogP contribution in [0.25, 0.3) is 0 Å². The maximum atomic E-state index is 13.4. The normalized spacial score (nSPS) is 17.0. The van der Waals surface area contributed by atoms with Crippen LogP contribution in [0.5, 0.6) is 0 Å². The summed E-state index contributed by atoms with van der Waals surface area (Å²) >= 11 is 7.24. The van der Waals surface area contributed by atoms with Crippen LogP contribution >= 0.6 is 23.4 Å². The molecule has 1 atom stereocenters. The van der Waals surface area contributed by atoms with E-state index in [4.69, 9.17) is 16.0 Å². The predicted octanol–water partition coefficient (Wildman–Crippen LogP) is 5.98. The minimum Gasteiger partial charge on any atom is -0.468 e. The summed E-state index contributed by atoms with van der Waals surface area (Å²) in [4.78, 5) is 28.5. The van der Waals surface area contributed by atoms with Gasteiger partial charge in [-0.15, -0.1) is 0 Å². The first-order valence-corrected chi connectivity index (χ1v) is 13.6. The fraction of sp³-hybridized carbons (Fsp3) is 0.207. The highest BCUT2D eigenvalue weighted by molar-refractivity contribution is 8.03. The topological polar surface area (TPSA) is 98.4 Å². The highest BCUT2D eigenvalue weighted by atomic mass is 35.5. The second-order valence-corrected chi connectivity index (χ2v) is 10.4. The van der Waals surface area contributed by atoms with E-state index in [1.165, 1.54) is 18.0 Å². The Labute approximate surface area is 230 Å². The molecule has 38 heavy (non-hydrogen) atoms. The third-order valence-corrected chi connectivity index (χ3v) is 7.83. The van der Waals surface area contributed by atoms with Crippen LogP contribution in [0.15, 0.2) is 93.2 Å². The zero-order valence-electron chi connectivity index (χ0n) is 20.7. The average Bonchev–Trinajstić information content (AvgIpc) is 3.47. The number of dihydropyridines is 1. The van der Waals surface area contributed by atoms with Crippen LogP contribution in [0.2, 0.25) is 5.02 Å². The number of allylic oxidation sites excluding steroid dienone is 2. The number of nitrogens with one attached hydrogen (secondary N) is 2. The van der Waals surface area contributed by atoms with Gasteiger partial charge in [0.05, 0.1) is 40.2 Å². The largest absolute Gasteiger partial charge is 0.468 e. The standard InChI is InChI=1S/C29H25ClN4O3S/c1-18-26(28(36)33-21-12-10-20(30)11-13-21)27(24-9-5-15-37-24)22(16-31)29(32-18)38-17-25(35)34-14-4-7-19-6-2-3-8-23(19)34/h2-3,5-6,8-13,15,27,32H,4,7,14,17H2,1H3,(H,33,36). The van der Waals surface area contributed by atoms with Crippen LogP contribution in [0, 0.1) is 11.3 Å². The molecule has 2 aromatic carbocycles. The van der Waals surface area contributed by atoms with Crippen molar-refractivity contribution in [3.63, 3.8) is 0 Å². The number of carbonyl (C=O) groups is 2. The van der Waals surface area contributed by atoms with Gasteiger partial charge in [0.15, 0.2) is 0 Å². The zero-order chi connectivity index (χ0) is 26.6. The first-order valence-electron chi connectivity index (χ1n) is 12.2. The number of hydrogen-bond acceptors (Lipinski definition) is 6. The van der Waals surface area contributed by atoms with Gasteiger partial charge in [0.1, 0.15) is 5.76 Å². The number of aryl methyl sites for hydroxylation is 1. The first kappa shape index (κ1) is 25.7. The van der Waals surface area contributed by atoms with Gasteiger partial charge in [-0.05, 0) is 67.8 Å². The highest BCUT2D eigenvalue weighted by Crippen LogP contribution is 2.41. The van der Waals surface area contributed by atoms with Gasteiger partial charge < -0.3 is 20.0 Å². The Morgan fingerprint density at radius 1 is 1.18 bits per heavy atom. The number of hydrogen-bond donors (Lipinski definition) is 2. The molecule has 7 nitrogen and oxygen atoms in total. The lowest BCUT2D eigenvalue weighted by Gasteiger charge is -2.31. The number of furan rings is 1. The second-order valence-electron chi connectivity index (χ2n) is 8.99. The third kappa shape index (κ3) is 5.21. The fourth-order valence-electron chi connectivity index (χ4n) is 4.80. The number of halogens is 1. The van der Waals surface area contributed by atoms with Gasteiger partial charge in [-0.3, -0.25) is 9.59 Å². The number of fused-ring (bicyclic) bond motifs is 1. The van der Waals surface area contributed by atoms with Crippen LogP contribution in [-0.2, 0) is 16.0 Å².